The molecule has 1 aromatic heterocycles. The van der Waals surface area contributed by atoms with Gasteiger partial charge in [0, 0.05) is 24.0 Å². The lowest BCUT2D eigenvalue weighted by Gasteiger charge is -2.05. The lowest BCUT2D eigenvalue weighted by Crippen LogP contribution is -1.95. The number of nitrogens with two attached hydrogens (primary N) is 1. The normalized spacial score (nSPS) is 10.9. The van der Waals surface area contributed by atoms with Gasteiger partial charge >= 0.3 is 0 Å². The van der Waals surface area contributed by atoms with Crippen molar-refractivity contribution >= 4 is 5.69 Å². The number of hydrogen-bond donors (Lipinski definition) is 1. The van der Waals surface area contributed by atoms with Crippen molar-refractivity contribution in [2.75, 3.05) is 5.73 Å². The Bertz CT molecular complexity index is 441. The summed E-state index contributed by atoms with van der Waals surface area (Å²) in [5, 5.41) is 0. The van der Waals surface area contributed by atoms with E-state index >= 15 is 0 Å². The molecule has 0 unspecified atom stereocenters. The first-order valence-corrected chi connectivity index (χ1v) is 5.21. The third-order valence-electron chi connectivity index (χ3n) is 2.56. The van der Waals surface area contributed by atoms with E-state index in [2.05, 4.69) is 36.7 Å². The second-order valence-electron chi connectivity index (χ2n) is 4.03. The molecule has 1 aromatic carbocycles. The van der Waals surface area contributed by atoms with Crippen LogP contribution in [0.15, 0.2) is 42.7 Å². The molecule has 2 rings (SSSR count). The maximum Gasteiger partial charge on any atom is 0.0573 e. The molecule has 2 aromatic rings. The number of hydrogen-bond acceptors (Lipinski definition) is 1. The van der Waals surface area contributed by atoms with Gasteiger partial charge < -0.3 is 10.3 Å². The van der Waals surface area contributed by atoms with E-state index in [9.17, 15) is 0 Å². The van der Waals surface area contributed by atoms with Crippen LogP contribution in [0.3, 0.4) is 0 Å². The molecule has 0 bridgehead atoms. The fraction of sp³-hybridized carbons (Fsp3) is 0.231. The van der Waals surface area contributed by atoms with Crippen molar-refractivity contribution in [1.29, 1.82) is 0 Å². The van der Waals surface area contributed by atoms with E-state index in [0.29, 0.717) is 6.04 Å². The number of benzene rings is 1. The molecule has 0 amide bonds. The van der Waals surface area contributed by atoms with E-state index in [4.69, 9.17) is 5.73 Å². The minimum absolute atomic E-state index is 0.449. The van der Waals surface area contributed by atoms with Crippen molar-refractivity contribution in [3.05, 3.63) is 42.7 Å². The molecule has 1 heterocycles. The van der Waals surface area contributed by atoms with Gasteiger partial charge in [-0.3, -0.25) is 0 Å². The van der Waals surface area contributed by atoms with Gasteiger partial charge in [0.25, 0.3) is 0 Å². The second kappa shape index (κ2) is 3.81. The predicted molar refractivity (Wildman–Crippen MR) is 64.7 cm³/mol. The highest BCUT2D eigenvalue weighted by Gasteiger charge is 2.07. The van der Waals surface area contributed by atoms with Crippen LogP contribution >= 0.6 is 0 Å². The Morgan fingerprint density at radius 1 is 1.07 bits per heavy atom. The number of aromatic nitrogens is 1. The number of nitrogens with zero attached hydrogens (tertiary/aromatic N) is 1. The van der Waals surface area contributed by atoms with Crippen LogP contribution in [-0.2, 0) is 0 Å². The zero-order valence-electron chi connectivity index (χ0n) is 9.14. The van der Waals surface area contributed by atoms with Gasteiger partial charge in [-0.2, -0.15) is 0 Å². The van der Waals surface area contributed by atoms with E-state index in [1.54, 1.807) is 0 Å². The Labute approximate surface area is 90.3 Å². The minimum atomic E-state index is 0.449. The quantitative estimate of drug-likeness (QED) is 0.792. The smallest absolute Gasteiger partial charge is 0.0573 e. The van der Waals surface area contributed by atoms with Crippen LogP contribution < -0.4 is 5.73 Å². The first kappa shape index (κ1) is 9.84. The van der Waals surface area contributed by atoms with E-state index in [0.717, 1.165) is 11.3 Å². The lowest BCUT2D eigenvalue weighted by molar-refractivity contribution is 0.604. The van der Waals surface area contributed by atoms with Crippen LogP contribution in [0.4, 0.5) is 5.69 Å². The van der Waals surface area contributed by atoms with E-state index < -0.39 is 0 Å². The molecular formula is C13H16N2. The summed E-state index contributed by atoms with van der Waals surface area (Å²) in [6.45, 7) is 4.29. The highest BCUT2D eigenvalue weighted by atomic mass is 15.0. The van der Waals surface area contributed by atoms with Crippen LogP contribution in [-0.4, -0.2) is 4.57 Å². The van der Waals surface area contributed by atoms with Gasteiger partial charge in [-0.25, -0.2) is 0 Å². The summed E-state index contributed by atoms with van der Waals surface area (Å²) in [5.41, 5.74) is 9.12. The Morgan fingerprint density at radius 3 is 2.27 bits per heavy atom. The first-order valence-electron chi connectivity index (χ1n) is 5.21. The largest absolute Gasteiger partial charge is 0.397 e. The molecule has 0 atom stereocenters. The maximum atomic E-state index is 5.99. The molecule has 0 radical (unpaired) electrons. The molecule has 0 spiro atoms. The molecule has 0 saturated carbocycles. The summed E-state index contributed by atoms with van der Waals surface area (Å²) in [7, 11) is 0. The van der Waals surface area contributed by atoms with Gasteiger partial charge in [0.2, 0.25) is 0 Å². The highest BCUT2D eigenvalue weighted by molar-refractivity contribution is 5.75. The van der Waals surface area contributed by atoms with E-state index in [-0.39, 0.29) is 0 Å². The molecule has 2 nitrogen and oxygen atoms in total. The highest BCUT2D eigenvalue weighted by Crippen LogP contribution is 2.27. The monoisotopic (exact) mass is 200 g/mol. The maximum absolute atomic E-state index is 5.99. The molecule has 0 fully saturated rings. The fourth-order valence-electron chi connectivity index (χ4n) is 1.65. The number of nitrogen functional groups attached to an aromatic ring is 1. The van der Waals surface area contributed by atoms with Gasteiger partial charge in [-0.15, -0.1) is 0 Å². The Hall–Kier alpha value is -1.70. The van der Waals surface area contributed by atoms with Crippen LogP contribution in [0.5, 0.6) is 0 Å². The topological polar surface area (TPSA) is 30.9 Å². The SMILES string of the molecule is CC(C)n1cc(N)c(-c2ccccc2)c1. The van der Waals surface area contributed by atoms with E-state index in [1.165, 1.54) is 5.56 Å². The summed E-state index contributed by atoms with van der Waals surface area (Å²) >= 11 is 0. The molecule has 0 aliphatic carbocycles. The number of anilines is 1. The molecule has 0 aliphatic rings. The first-order chi connectivity index (χ1) is 7.18. The summed E-state index contributed by atoms with van der Waals surface area (Å²) in [6.07, 6.45) is 4.10. The third kappa shape index (κ3) is 1.89. The molecule has 0 saturated heterocycles. The zero-order valence-corrected chi connectivity index (χ0v) is 9.14. The minimum Gasteiger partial charge on any atom is -0.397 e. The van der Waals surface area contributed by atoms with Gasteiger partial charge in [0.1, 0.15) is 0 Å². The fourth-order valence-corrected chi connectivity index (χ4v) is 1.65. The van der Waals surface area contributed by atoms with Crippen LogP contribution in [0.1, 0.15) is 19.9 Å². The van der Waals surface area contributed by atoms with Crippen LogP contribution in [0.25, 0.3) is 11.1 Å². The van der Waals surface area contributed by atoms with Gasteiger partial charge in [0.15, 0.2) is 0 Å². The Morgan fingerprint density at radius 2 is 1.73 bits per heavy atom. The number of rotatable bonds is 2. The summed E-state index contributed by atoms with van der Waals surface area (Å²) < 4.78 is 2.14. The third-order valence-corrected chi connectivity index (χ3v) is 2.56. The average molecular weight is 200 g/mol. The van der Waals surface area contributed by atoms with Crippen LogP contribution in [0.2, 0.25) is 0 Å². The average Bonchev–Trinajstić information content (AvgIpc) is 2.62. The van der Waals surface area contributed by atoms with Gasteiger partial charge in [0.05, 0.1) is 5.69 Å². The van der Waals surface area contributed by atoms with Crippen molar-refractivity contribution in [2.45, 2.75) is 19.9 Å². The van der Waals surface area contributed by atoms with Crippen molar-refractivity contribution in [2.24, 2.45) is 0 Å². The molecule has 78 valence electrons. The summed E-state index contributed by atoms with van der Waals surface area (Å²) in [6, 6.07) is 10.7. The van der Waals surface area contributed by atoms with Crippen molar-refractivity contribution in [3.63, 3.8) is 0 Å². The molecule has 15 heavy (non-hydrogen) atoms. The predicted octanol–water partition coefficient (Wildman–Crippen LogP) is 3.32. The second-order valence-corrected chi connectivity index (χ2v) is 4.03. The lowest BCUT2D eigenvalue weighted by atomic mass is 10.1. The van der Waals surface area contributed by atoms with Gasteiger partial charge in [-0.05, 0) is 19.4 Å². The van der Waals surface area contributed by atoms with Crippen LogP contribution in [0, 0.1) is 0 Å². The van der Waals surface area contributed by atoms with Crippen molar-refractivity contribution in [3.8, 4) is 11.1 Å². The Kier molecular flexibility index (Phi) is 2.50. The van der Waals surface area contributed by atoms with Crippen molar-refractivity contribution < 1.29 is 0 Å². The Balaban J connectivity index is 2.45. The van der Waals surface area contributed by atoms with Crippen molar-refractivity contribution in [1.82, 2.24) is 4.57 Å². The molecular weight excluding hydrogens is 184 g/mol. The molecule has 0 aliphatic heterocycles. The van der Waals surface area contributed by atoms with Gasteiger partial charge in [-0.1, -0.05) is 30.3 Å². The zero-order chi connectivity index (χ0) is 10.8. The molecule has 2 heteroatoms. The summed E-state index contributed by atoms with van der Waals surface area (Å²) in [5.74, 6) is 0. The summed E-state index contributed by atoms with van der Waals surface area (Å²) in [4.78, 5) is 0. The van der Waals surface area contributed by atoms with E-state index in [1.807, 2.05) is 24.4 Å². The standard InChI is InChI=1S/C13H16N2/c1-10(2)15-8-12(13(14)9-15)11-6-4-3-5-7-11/h3-10H,14H2,1-2H3. The molecule has 2 N–H and O–H groups in total.